The molecule has 0 saturated heterocycles. The number of nitrogens with one attached hydrogen (secondary N) is 1. The van der Waals surface area contributed by atoms with Crippen molar-refractivity contribution in [3.63, 3.8) is 0 Å². The summed E-state index contributed by atoms with van der Waals surface area (Å²) in [7, 11) is 0. The van der Waals surface area contributed by atoms with E-state index in [-0.39, 0.29) is 0 Å². The van der Waals surface area contributed by atoms with Gasteiger partial charge in [-0.05, 0) is 56.2 Å². The minimum atomic E-state index is 0.639. The van der Waals surface area contributed by atoms with Crippen molar-refractivity contribution in [2.24, 2.45) is 0 Å². The van der Waals surface area contributed by atoms with Crippen molar-refractivity contribution in [3.8, 4) is 0 Å². The highest BCUT2D eigenvalue weighted by Crippen LogP contribution is 2.32. The van der Waals surface area contributed by atoms with E-state index in [9.17, 15) is 0 Å². The average Bonchev–Trinajstić information content (AvgIpc) is 2.92. The summed E-state index contributed by atoms with van der Waals surface area (Å²) in [6.07, 6.45) is 5.11. The van der Waals surface area contributed by atoms with Gasteiger partial charge in [-0.2, -0.15) is 0 Å². The molecule has 1 N–H and O–H groups in total. The van der Waals surface area contributed by atoms with Gasteiger partial charge in [-0.15, -0.1) is 0 Å². The van der Waals surface area contributed by atoms with Gasteiger partial charge in [-0.1, -0.05) is 30.3 Å². The second kappa shape index (κ2) is 6.27. The zero-order valence-corrected chi connectivity index (χ0v) is 12.1. The Morgan fingerprint density at radius 1 is 1.00 bits per heavy atom. The molecule has 20 heavy (non-hydrogen) atoms. The fourth-order valence-corrected chi connectivity index (χ4v) is 3.18. The summed E-state index contributed by atoms with van der Waals surface area (Å²) in [5.74, 6) is 2.79. The number of hydrogen-bond acceptors (Lipinski definition) is 2. The topological polar surface area (TPSA) is 25.2 Å². The van der Waals surface area contributed by atoms with Gasteiger partial charge in [0.05, 0.1) is 6.54 Å². The lowest BCUT2D eigenvalue weighted by atomic mass is 9.82. The molecule has 3 rings (SSSR count). The first-order valence-corrected chi connectivity index (χ1v) is 7.65. The van der Waals surface area contributed by atoms with E-state index in [1.165, 1.54) is 31.2 Å². The van der Waals surface area contributed by atoms with Crippen LogP contribution in [0.15, 0.2) is 46.9 Å². The van der Waals surface area contributed by atoms with Crippen molar-refractivity contribution >= 4 is 0 Å². The molecule has 0 spiro atoms. The van der Waals surface area contributed by atoms with Crippen LogP contribution in [0.25, 0.3) is 0 Å². The molecule has 2 aromatic rings. The molecule has 0 aliphatic heterocycles. The monoisotopic (exact) mass is 269 g/mol. The van der Waals surface area contributed by atoms with Crippen molar-refractivity contribution in [3.05, 3.63) is 59.5 Å². The van der Waals surface area contributed by atoms with Crippen molar-refractivity contribution in [2.75, 3.05) is 0 Å². The van der Waals surface area contributed by atoms with Crippen molar-refractivity contribution in [1.29, 1.82) is 0 Å². The van der Waals surface area contributed by atoms with E-state index in [0.29, 0.717) is 6.04 Å². The first-order valence-electron chi connectivity index (χ1n) is 7.65. The predicted octanol–water partition coefficient (Wildman–Crippen LogP) is 4.40. The molecule has 2 nitrogen and oxygen atoms in total. The minimum absolute atomic E-state index is 0.639. The first kappa shape index (κ1) is 13.4. The summed E-state index contributed by atoms with van der Waals surface area (Å²) in [5.41, 5.74) is 1.51. The Kier molecular flexibility index (Phi) is 4.22. The molecule has 1 saturated carbocycles. The van der Waals surface area contributed by atoms with Crippen molar-refractivity contribution in [2.45, 2.75) is 51.1 Å². The zero-order valence-electron chi connectivity index (χ0n) is 12.1. The second-order valence-corrected chi connectivity index (χ2v) is 5.85. The Labute approximate surface area is 121 Å². The third-order valence-electron chi connectivity index (χ3n) is 4.36. The standard InChI is InChI=1S/C18H23NO/c1-14-7-12-18(20-14)13-19-17-10-8-16(9-11-17)15-5-3-2-4-6-15/h2-7,12,16-17,19H,8-11,13H2,1H3. The Hall–Kier alpha value is -1.54. The average molecular weight is 269 g/mol. The molecule has 2 heteroatoms. The highest BCUT2D eigenvalue weighted by atomic mass is 16.3. The van der Waals surface area contributed by atoms with Gasteiger partial charge >= 0.3 is 0 Å². The molecular formula is C18H23NO. The van der Waals surface area contributed by atoms with Crippen LogP contribution in [0.4, 0.5) is 0 Å². The highest BCUT2D eigenvalue weighted by molar-refractivity contribution is 5.20. The molecular weight excluding hydrogens is 246 g/mol. The van der Waals surface area contributed by atoms with Crippen molar-refractivity contribution in [1.82, 2.24) is 5.32 Å². The smallest absolute Gasteiger partial charge is 0.117 e. The molecule has 1 heterocycles. The van der Waals surface area contributed by atoms with Crippen LogP contribution < -0.4 is 5.32 Å². The van der Waals surface area contributed by atoms with E-state index in [1.807, 2.05) is 13.0 Å². The summed E-state index contributed by atoms with van der Waals surface area (Å²) >= 11 is 0. The van der Waals surface area contributed by atoms with Crippen LogP contribution in [0, 0.1) is 6.92 Å². The fraction of sp³-hybridized carbons (Fsp3) is 0.444. The number of furan rings is 1. The van der Waals surface area contributed by atoms with E-state index in [4.69, 9.17) is 4.42 Å². The van der Waals surface area contributed by atoms with Gasteiger partial charge in [0.25, 0.3) is 0 Å². The predicted molar refractivity (Wildman–Crippen MR) is 81.7 cm³/mol. The fourth-order valence-electron chi connectivity index (χ4n) is 3.18. The van der Waals surface area contributed by atoms with Crippen LogP contribution in [0.2, 0.25) is 0 Å². The molecule has 106 valence electrons. The molecule has 0 unspecified atom stereocenters. The largest absolute Gasteiger partial charge is 0.465 e. The molecule has 1 aromatic heterocycles. The molecule has 0 radical (unpaired) electrons. The summed E-state index contributed by atoms with van der Waals surface area (Å²) in [4.78, 5) is 0. The summed E-state index contributed by atoms with van der Waals surface area (Å²) in [6.45, 7) is 2.85. The van der Waals surface area contributed by atoms with E-state index in [0.717, 1.165) is 24.0 Å². The van der Waals surface area contributed by atoms with Crippen LogP contribution in [-0.2, 0) is 6.54 Å². The van der Waals surface area contributed by atoms with E-state index in [1.54, 1.807) is 0 Å². The number of hydrogen-bond donors (Lipinski definition) is 1. The highest BCUT2D eigenvalue weighted by Gasteiger charge is 2.21. The van der Waals surface area contributed by atoms with Crippen LogP contribution in [-0.4, -0.2) is 6.04 Å². The van der Waals surface area contributed by atoms with Gasteiger partial charge in [0.15, 0.2) is 0 Å². The van der Waals surface area contributed by atoms with Gasteiger partial charge in [-0.25, -0.2) is 0 Å². The Morgan fingerprint density at radius 2 is 1.75 bits per heavy atom. The number of rotatable bonds is 4. The molecule has 0 bridgehead atoms. The third-order valence-corrected chi connectivity index (χ3v) is 4.36. The number of aryl methyl sites for hydroxylation is 1. The van der Waals surface area contributed by atoms with E-state index >= 15 is 0 Å². The SMILES string of the molecule is Cc1ccc(CNC2CCC(c3ccccc3)CC2)o1. The molecule has 0 atom stereocenters. The van der Waals surface area contributed by atoms with Gasteiger partial charge in [-0.3, -0.25) is 0 Å². The molecule has 1 fully saturated rings. The van der Waals surface area contributed by atoms with Gasteiger partial charge in [0.1, 0.15) is 11.5 Å². The van der Waals surface area contributed by atoms with Crippen LogP contribution in [0.3, 0.4) is 0 Å². The molecule has 1 aliphatic carbocycles. The second-order valence-electron chi connectivity index (χ2n) is 5.85. The Bertz CT molecular complexity index is 523. The van der Waals surface area contributed by atoms with Crippen LogP contribution in [0.5, 0.6) is 0 Å². The quantitative estimate of drug-likeness (QED) is 0.889. The van der Waals surface area contributed by atoms with Crippen LogP contribution in [0.1, 0.15) is 48.7 Å². The first-order chi connectivity index (χ1) is 9.81. The Balaban J connectivity index is 1.47. The lowest BCUT2D eigenvalue weighted by Crippen LogP contribution is -2.32. The number of benzene rings is 1. The van der Waals surface area contributed by atoms with Gasteiger partial charge in [0.2, 0.25) is 0 Å². The van der Waals surface area contributed by atoms with Crippen molar-refractivity contribution < 1.29 is 4.42 Å². The lowest BCUT2D eigenvalue weighted by molar-refractivity contribution is 0.330. The summed E-state index contributed by atoms with van der Waals surface area (Å²) in [5, 5.41) is 3.63. The molecule has 1 aliphatic rings. The maximum atomic E-state index is 5.60. The Morgan fingerprint density at radius 3 is 2.40 bits per heavy atom. The lowest BCUT2D eigenvalue weighted by Gasteiger charge is -2.29. The maximum absolute atomic E-state index is 5.60. The maximum Gasteiger partial charge on any atom is 0.117 e. The summed E-state index contributed by atoms with van der Waals surface area (Å²) < 4.78 is 5.60. The summed E-state index contributed by atoms with van der Waals surface area (Å²) in [6, 6.07) is 15.7. The van der Waals surface area contributed by atoms with Crippen LogP contribution >= 0.6 is 0 Å². The van der Waals surface area contributed by atoms with Gasteiger partial charge in [0, 0.05) is 6.04 Å². The van der Waals surface area contributed by atoms with E-state index in [2.05, 4.69) is 41.7 Å². The zero-order chi connectivity index (χ0) is 13.8. The minimum Gasteiger partial charge on any atom is -0.465 e. The van der Waals surface area contributed by atoms with Gasteiger partial charge < -0.3 is 9.73 Å². The van der Waals surface area contributed by atoms with E-state index < -0.39 is 0 Å². The normalized spacial score (nSPS) is 22.9. The molecule has 1 aromatic carbocycles. The molecule has 0 amide bonds. The third kappa shape index (κ3) is 3.31.